The van der Waals surface area contributed by atoms with E-state index in [0.717, 1.165) is 11.3 Å². The zero-order chi connectivity index (χ0) is 29.2. The first-order valence-electron chi connectivity index (χ1n) is 14.2. The Labute approximate surface area is 260 Å². The third kappa shape index (κ3) is 10.5. The number of hydrogen-bond donors (Lipinski definition) is 0. The maximum Gasteiger partial charge on any atom is 0 e. The fraction of sp³-hybridized carbons (Fsp3) is 0.400. The van der Waals surface area contributed by atoms with Crippen LogP contribution in [0.25, 0.3) is 0 Å². The van der Waals surface area contributed by atoms with Crippen molar-refractivity contribution in [2.24, 2.45) is 0 Å². The molecular weight excluding hydrogens is 582 g/mol. The van der Waals surface area contributed by atoms with Gasteiger partial charge >= 0.3 is 33.9 Å². The summed E-state index contributed by atoms with van der Waals surface area (Å²) in [5.41, 5.74) is 4.31. The zero-order valence-electron chi connectivity index (χ0n) is 23.9. The number of rotatable bonds is 7. The molecule has 0 radical (unpaired) electrons. The fourth-order valence-electron chi connectivity index (χ4n) is 6.48. The van der Waals surface area contributed by atoms with E-state index in [4.69, 9.17) is 14.0 Å². The first-order chi connectivity index (χ1) is 19.8. The summed E-state index contributed by atoms with van der Waals surface area (Å²) in [6, 6.07) is 32.2. The summed E-state index contributed by atoms with van der Waals surface area (Å²) >= 11 is 0. The van der Waals surface area contributed by atoms with Crippen LogP contribution in [0.4, 0.5) is 0 Å². The first kappa shape index (κ1) is 37.3. The van der Waals surface area contributed by atoms with Crippen molar-refractivity contribution >= 4 is 31.8 Å². The Morgan fingerprint density at radius 2 is 0.927 bits per heavy atom. The van der Waals surface area contributed by atoms with E-state index in [9.17, 15) is 0 Å². The third-order valence-corrected chi connectivity index (χ3v) is 14.5. The summed E-state index contributed by atoms with van der Waals surface area (Å²) in [7, 11) is -0.551. The minimum atomic E-state index is -0.549. The number of benzene rings is 3. The molecule has 0 aromatic heterocycles. The smallest absolute Gasteiger partial charge is 0 e. The molecule has 5 rings (SSSR count). The van der Waals surface area contributed by atoms with Crippen molar-refractivity contribution in [3.8, 4) is 0 Å². The molecule has 3 nitrogen and oxygen atoms in total. The Morgan fingerprint density at radius 1 is 0.561 bits per heavy atom. The average molecular weight is 623 g/mol. The summed E-state index contributed by atoms with van der Waals surface area (Å²) < 4.78 is 22.5. The molecule has 0 N–H and O–H groups in total. The first-order valence-corrected chi connectivity index (χ1v) is 17.1. The molecule has 2 fully saturated rings. The van der Waals surface area contributed by atoms with Crippen molar-refractivity contribution in [1.29, 1.82) is 0 Å². The Hall–Kier alpha value is -1.73. The van der Waals surface area contributed by atoms with Crippen LogP contribution in [-0.2, 0) is 31.3 Å². The molecule has 3 aromatic rings. The van der Waals surface area contributed by atoms with Crippen LogP contribution in [-0.4, -0.2) is 11.3 Å². The Morgan fingerprint density at radius 3 is 1.34 bits per heavy atom. The minimum absolute atomic E-state index is 0. The van der Waals surface area contributed by atoms with Crippen molar-refractivity contribution in [2.45, 2.75) is 88.1 Å². The predicted molar refractivity (Wildman–Crippen MR) is 166 cm³/mol. The van der Waals surface area contributed by atoms with E-state index in [1.54, 1.807) is 10.9 Å². The molecule has 2 aliphatic carbocycles. The summed E-state index contributed by atoms with van der Waals surface area (Å²) in [5, 5.41) is 4.55. The molecule has 0 aliphatic heterocycles. The Bertz CT molecular complexity index is 1080. The molecule has 41 heavy (non-hydrogen) atoms. The third-order valence-electron chi connectivity index (χ3n) is 8.10. The topological polar surface area (TPSA) is 59.7 Å². The minimum Gasteiger partial charge on any atom is 0 e. The summed E-state index contributed by atoms with van der Waals surface area (Å²) in [6.45, 7) is 16.1. The van der Waals surface area contributed by atoms with E-state index in [1.807, 2.05) is 0 Å². The molecule has 3 aromatic carbocycles. The fourth-order valence-corrected chi connectivity index (χ4v) is 13.5. The van der Waals surface area contributed by atoms with Crippen molar-refractivity contribution in [2.75, 3.05) is 0 Å². The van der Waals surface area contributed by atoms with Gasteiger partial charge in [0.05, 0.1) is 0 Å². The molecule has 0 spiro atoms. The van der Waals surface area contributed by atoms with Gasteiger partial charge < -0.3 is 0 Å². The normalized spacial score (nSPS) is 15.8. The van der Waals surface area contributed by atoms with Gasteiger partial charge in [-0.15, -0.1) is 0 Å². The molecule has 214 valence electrons. The number of hydrogen-bond acceptors (Lipinski definition) is 0. The van der Waals surface area contributed by atoms with Gasteiger partial charge in [-0.25, -0.2) is 0 Å². The van der Waals surface area contributed by atoms with Crippen LogP contribution in [0.3, 0.4) is 0 Å². The van der Waals surface area contributed by atoms with Gasteiger partial charge in [0.15, 0.2) is 0 Å². The van der Waals surface area contributed by atoms with Gasteiger partial charge in [-0.1, -0.05) is 138 Å². The van der Waals surface area contributed by atoms with Gasteiger partial charge in [-0.2, -0.15) is 0 Å². The van der Waals surface area contributed by atoms with E-state index in [0.29, 0.717) is 5.66 Å². The second-order valence-electron chi connectivity index (χ2n) is 10.3. The molecule has 6 heteroatoms. The Kier molecular flexibility index (Phi) is 19.9. The van der Waals surface area contributed by atoms with E-state index in [2.05, 4.69) is 112 Å². The molecule has 2 saturated carbocycles. The largest absolute Gasteiger partial charge is 0 e. The zero-order valence-corrected chi connectivity index (χ0v) is 27.0. The average Bonchev–Trinajstić information content (AvgIpc) is 3.06. The van der Waals surface area contributed by atoms with Crippen LogP contribution in [0.2, 0.25) is 0 Å². The molecule has 0 saturated heterocycles. The SMILES string of the molecule is C[C@H](c1ccccc1P(c1ccccc1)c1ccccc1)P(C1CCCCC1)C1CCCCC1.[C-]#[O+].[C-]#[O+].[C-]#[O+].[Cr]. The summed E-state index contributed by atoms with van der Waals surface area (Å²) in [4.78, 5) is 0. The van der Waals surface area contributed by atoms with Crippen molar-refractivity contribution in [3.63, 3.8) is 0 Å². The van der Waals surface area contributed by atoms with E-state index < -0.39 is 7.92 Å². The van der Waals surface area contributed by atoms with Crippen molar-refractivity contribution < 1.29 is 31.3 Å². The van der Waals surface area contributed by atoms with E-state index >= 15 is 0 Å². The van der Waals surface area contributed by atoms with Gasteiger partial charge in [-0.05, 0) is 66.4 Å². The molecule has 2 aliphatic rings. The Balaban J connectivity index is 0.00000113. The quantitative estimate of drug-likeness (QED) is 0.144. The molecule has 1 atom stereocenters. The molecular formula is C35H40CrO3P2. The van der Waals surface area contributed by atoms with Gasteiger partial charge in [0.1, 0.15) is 0 Å². The van der Waals surface area contributed by atoms with Crippen LogP contribution in [0.1, 0.15) is 82.4 Å². The monoisotopic (exact) mass is 622 g/mol. The van der Waals surface area contributed by atoms with E-state index in [1.165, 1.54) is 74.8 Å². The van der Waals surface area contributed by atoms with Crippen molar-refractivity contribution in [3.05, 3.63) is 110 Å². The summed E-state index contributed by atoms with van der Waals surface area (Å²) in [6.07, 6.45) is 14.7. The summed E-state index contributed by atoms with van der Waals surface area (Å²) in [5.74, 6) is 0. The van der Waals surface area contributed by atoms with Crippen LogP contribution >= 0.6 is 15.8 Å². The van der Waals surface area contributed by atoms with Gasteiger partial charge in [0.25, 0.3) is 0 Å². The van der Waals surface area contributed by atoms with Gasteiger partial charge in [0.2, 0.25) is 0 Å². The van der Waals surface area contributed by atoms with Crippen LogP contribution in [0, 0.1) is 20.0 Å². The predicted octanol–water partition coefficient (Wildman–Crippen LogP) is 8.54. The maximum absolute atomic E-state index is 7.50. The molecule has 0 bridgehead atoms. The second-order valence-corrected chi connectivity index (χ2v) is 15.6. The van der Waals surface area contributed by atoms with Crippen LogP contribution in [0.15, 0.2) is 84.9 Å². The molecule has 0 unspecified atom stereocenters. The maximum atomic E-state index is 7.50. The standard InChI is InChI=1S/C32H40P2.3CO.Cr/c1-26(33(27-16-6-2-7-17-27)28-18-8-3-9-19-28)31-24-14-15-25-32(31)34(29-20-10-4-11-21-29)30-22-12-5-13-23-30;3*1-2;/h4-5,10-15,20-28H,2-3,6-9,16-19H2,1H3;;;;/t26-;;;;/m1..../s1. The van der Waals surface area contributed by atoms with Gasteiger partial charge in [0, 0.05) is 23.0 Å². The molecule has 0 heterocycles. The van der Waals surface area contributed by atoms with Crippen LogP contribution in [0.5, 0.6) is 0 Å². The van der Waals surface area contributed by atoms with E-state index in [-0.39, 0.29) is 25.3 Å². The second kappa shape index (κ2) is 21.9. The molecule has 0 amide bonds. The van der Waals surface area contributed by atoms with Gasteiger partial charge in [-0.3, -0.25) is 0 Å². The van der Waals surface area contributed by atoms with Crippen LogP contribution < -0.4 is 15.9 Å². The van der Waals surface area contributed by atoms with Crippen molar-refractivity contribution in [1.82, 2.24) is 0 Å².